The summed E-state index contributed by atoms with van der Waals surface area (Å²) in [5.41, 5.74) is 12.5. The van der Waals surface area contributed by atoms with Crippen LogP contribution in [-0.2, 0) is 0 Å². The van der Waals surface area contributed by atoms with E-state index >= 15 is 0 Å². The molecule has 0 saturated carbocycles. The van der Waals surface area contributed by atoms with Crippen LogP contribution in [-0.4, -0.2) is 36.9 Å². The highest BCUT2D eigenvalue weighted by Gasteiger charge is 2.42. The third-order valence-electron chi connectivity index (χ3n) is 7.60. The fraction of sp³-hybridized carbons (Fsp3) is 0.0667. The highest BCUT2D eigenvalue weighted by atomic mass is 32.1. The van der Waals surface area contributed by atoms with Crippen LogP contribution in [0.1, 0.15) is 0 Å². The van der Waals surface area contributed by atoms with Crippen molar-refractivity contribution >= 4 is 52.5 Å². The summed E-state index contributed by atoms with van der Waals surface area (Å²) >= 11 is 1.68. The monoisotopic (exact) mass is 495 g/mol. The van der Waals surface area contributed by atoms with Gasteiger partial charge in [0.1, 0.15) is 18.0 Å². The van der Waals surface area contributed by atoms with Crippen molar-refractivity contribution in [2.45, 2.75) is 0 Å². The Morgan fingerprint density at radius 3 is 2.16 bits per heavy atom. The first-order valence-corrected chi connectivity index (χ1v) is 13.3. The zero-order valence-electron chi connectivity index (χ0n) is 20.2. The summed E-state index contributed by atoms with van der Waals surface area (Å²) in [4.78, 5) is 9.36. The molecule has 0 fully saturated rings. The number of rotatable bonds is 2. The van der Waals surface area contributed by atoms with Gasteiger partial charge >= 0.3 is 6.85 Å². The molecule has 0 saturated heterocycles. The number of hydrogen-bond donors (Lipinski definition) is 0. The van der Waals surface area contributed by atoms with Gasteiger partial charge in [0.2, 0.25) is 0 Å². The van der Waals surface area contributed by atoms with Crippen molar-refractivity contribution in [2.24, 2.45) is 5.10 Å². The second kappa shape index (κ2) is 7.82. The SMILES string of the molecule is CN1CN(c2ccc3c(c2)B2c4cc(-c5nccs5)ccc4-c4ccccc4N2c2ccccc2-3)C=N1. The molecule has 37 heavy (non-hydrogen) atoms. The van der Waals surface area contributed by atoms with Gasteiger partial charge in [0.05, 0.1) is 0 Å². The Bertz CT molecular complexity index is 1710. The first-order chi connectivity index (χ1) is 18.3. The van der Waals surface area contributed by atoms with Gasteiger partial charge in [-0.25, -0.2) is 4.98 Å². The minimum Gasteiger partial charge on any atom is -0.376 e. The van der Waals surface area contributed by atoms with Crippen molar-refractivity contribution in [1.82, 2.24) is 9.99 Å². The first-order valence-electron chi connectivity index (χ1n) is 12.4. The zero-order valence-corrected chi connectivity index (χ0v) is 21.1. The van der Waals surface area contributed by atoms with E-state index in [2.05, 4.69) is 105 Å². The van der Waals surface area contributed by atoms with Gasteiger partial charge in [-0.1, -0.05) is 60.7 Å². The van der Waals surface area contributed by atoms with Crippen molar-refractivity contribution < 1.29 is 0 Å². The van der Waals surface area contributed by atoms with Crippen LogP contribution in [0.2, 0.25) is 0 Å². The molecule has 0 bridgehead atoms. The van der Waals surface area contributed by atoms with Gasteiger partial charge in [-0.05, 0) is 46.3 Å². The second-order valence-corrected chi connectivity index (χ2v) is 10.6. The van der Waals surface area contributed by atoms with E-state index in [-0.39, 0.29) is 6.85 Å². The van der Waals surface area contributed by atoms with Crippen molar-refractivity contribution in [1.29, 1.82) is 0 Å². The molecule has 5 aromatic rings. The van der Waals surface area contributed by atoms with Crippen molar-refractivity contribution in [3.8, 4) is 32.8 Å². The van der Waals surface area contributed by atoms with Gasteiger partial charge in [-0.2, -0.15) is 5.10 Å². The molecule has 0 atom stereocenters. The fourth-order valence-corrected chi connectivity index (χ4v) is 6.64. The molecule has 0 unspecified atom stereocenters. The van der Waals surface area contributed by atoms with E-state index in [4.69, 9.17) is 0 Å². The number of nitrogens with zero attached hydrogens (tertiary/aromatic N) is 5. The predicted octanol–water partition coefficient (Wildman–Crippen LogP) is 5.37. The number of anilines is 3. The topological polar surface area (TPSA) is 35.0 Å². The molecule has 3 aliphatic heterocycles. The average Bonchev–Trinajstić information content (AvgIpc) is 3.65. The molecule has 4 heterocycles. The lowest BCUT2D eigenvalue weighted by Crippen LogP contribution is -2.59. The van der Waals surface area contributed by atoms with E-state index in [1.807, 2.05) is 30.0 Å². The minimum atomic E-state index is 0.0481. The summed E-state index contributed by atoms with van der Waals surface area (Å²) in [6.45, 7) is 0.795. The Labute approximate surface area is 220 Å². The van der Waals surface area contributed by atoms with Crippen LogP contribution >= 0.6 is 11.3 Å². The van der Waals surface area contributed by atoms with Gasteiger partial charge in [-0.15, -0.1) is 11.3 Å². The summed E-state index contributed by atoms with van der Waals surface area (Å²) in [5.74, 6) is 0. The summed E-state index contributed by atoms with van der Waals surface area (Å²) in [7, 11) is 2.00. The molecule has 8 rings (SSSR count). The van der Waals surface area contributed by atoms with Crippen LogP contribution in [0.4, 0.5) is 17.1 Å². The Morgan fingerprint density at radius 2 is 1.49 bits per heavy atom. The summed E-state index contributed by atoms with van der Waals surface area (Å²) < 4.78 is 0. The molecule has 0 radical (unpaired) electrons. The number of aromatic nitrogens is 1. The third-order valence-corrected chi connectivity index (χ3v) is 8.42. The molecule has 3 aliphatic rings. The number of fused-ring (bicyclic) bond motifs is 11. The molecule has 7 heteroatoms. The largest absolute Gasteiger partial charge is 0.376 e. The van der Waals surface area contributed by atoms with Crippen LogP contribution in [0.25, 0.3) is 32.8 Å². The Balaban J connectivity index is 1.42. The highest BCUT2D eigenvalue weighted by molar-refractivity contribution is 7.13. The Kier molecular flexibility index (Phi) is 4.40. The normalized spacial score (nSPS) is 14.7. The Morgan fingerprint density at radius 1 is 0.784 bits per heavy atom. The summed E-state index contributed by atoms with van der Waals surface area (Å²) in [6.07, 6.45) is 3.80. The molecule has 1 aromatic heterocycles. The smallest absolute Gasteiger partial charge is 0.329 e. The standard InChI is InChI=1S/C30H22BN5S/c1-34-19-35(18-33-34)21-11-13-23-25-7-3-5-9-29(25)36-28-8-4-2-6-24(28)22-12-10-20(30-32-14-15-37-30)16-26(22)31(36)27(23)17-21/h2-18H,19H2,1H3. The lowest BCUT2D eigenvalue weighted by molar-refractivity contribution is 0.393. The van der Waals surface area contributed by atoms with Gasteiger partial charge in [-0.3, -0.25) is 5.01 Å². The van der Waals surface area contributed by atoms with Gasteiger partial charge < -0.3 is 9.71 Å². The van der Waals surface area contributed by atoms with Crippen molar-refractivity contribution in [3.05, 3.63) is 96.5 Å². The van der Waals surface area contributed by atoms with Crippen LogP contribution in [0.15, 0.2) is 102 Å². The molecule has 0 spiro atoms. The summed E-state index contributed by atoms with van der Waals surface area (Å²) in [5, 5.41) is 9.49. The van der Waals surface area contributed by atoms with E-state index in [9.17, 15) is 0 Å². The number of para-hydroxylation sites is 2. The number of thiazole rings is 1. The summed E-state index contributed by atoms with van der Waals surface area (Å²) in [6, 6.07) is 31.3. The second-order valence-electron chi connectivity index (χ2n) is 9.72. The fourth-order valence-electron chi connectivity index (χ4n) is 6.00. The van der Waals surface area contributed by atoms with Crippen LogP contribution in [0, 0.1) is 0 Å². The van der Waals surface area contributed by atoms with Crippen molar-refractivity contribution in [2.75, 3.05) is 23.4 Å². The van der Waals surface area contributed by atoms with E-state index in [0.29, 0.717) is 0 Å². The molecule has 4 aromatic carbocycles. The molecular formula is C30H22BN5S. The first kappa shape index (κ1) is 20.8. The van der Waals surface area contributed by atoms with Gasteiger partial charge in [0, 0.05) is 52.4 Å². The molecule has 0 amide bonds. The molecule has 5 nitrogen and oxygen atoms in total. The predicted molar refractivity (Wildman–Crippen MR) is 156 cm³/mol. The van der Waals surface area contributed by atoms with Gasteiger partial charge in [0.15, 0.2) is 0 Å². The maximum absolute atomic E-state index is 4.62. The van der Waals surface area contributed by atoms with Gasteiger partial charge in [0.25, 0.3) is 0 Å². The van der Waals surface area contributed by atoms with E-state index in [0.717, 1.165) is 22.9 Å². The lowest BCUT2D eigenvalue weighted by Gasteiger charge is -2.43. The third kappa shape index (κ3) is 3.04. The Hall–Kier alpha value is -4.36. The minimum absolute atomic E-state index is 0.0481. The van der Waals surface area contributed by atoms with E-state index < -0.39 is 0 Å². The lowest BCUT2D eigenvalue weighted by atomic mass is 9.43. The van der Waals surface area contributed by atoms with E-state index in [1.165, 1.54) is 44.6 Å². The highest BCUT2D eigenvalue weighted by Crippen LogP contribution is 2.46. The van der Waals surface area contributed by atoms with Crippen molar-refractivity contribution in [3.63, 3.8) is 0 Å². The zero-order chi connectivity index (χ0) is 24.5. The molecule has 0 N–H and O–H groups in total. The molecule has 176 valence electrons. The quantitative estimate of drug-likeness (QED) is 0.309. The van der Waals surface area contributed by atoms with Crippen LogP contribution < -0.4 is 20.6 Å². The molecular weight excluding hydrogens is 473 g/mol. The number of benzene rings is 4. The maximum atomic E-state index is 4.62. The average molecular weight is 495 g/mol. The number of hydrogen-bond acceptors (Lipinski definition) is 6. The molecule has 0 aliphatic carbocycles. The van der Waals surface area contributed by atoms with E-state index in [1.54, 1.807) is 11.3 Å². The maximum Gasteiger partial charge on any atom is 0.329 e. The van der Waals surface area contributed by atoms with Crippen LogP contribution in [0.5, 0.6) is 0 Å². The number of hydrazone groups is 1. The van der Waals surface area contributed by atoms with Crippen LogP contribution in [0.3, 0.4) is 0 Å².